The van der Waals surface area contributed by atoms with Crippen LogP contribution in [0.15, 0.2) is 23.3 Å². The molecule has 0 spiro atoms. The first-order valence-electron chi connectivity index (χ1n) is 10.1. The van der Waals surface area contributed by atoms with E-state index >= 15 is 0 Å². The Kier molecular flexibility index (Phi) is 4.14. The average Bonchev–Trinajstić information content (AvgIpc) is 2.79. The van der Waals surface area contributed by atoms with E-state index in [2.05, 4.69) is 44.7 Å². The third kappa shape index (κ3) is 3.09. The van der Waals surface area contributed by atoms with Gasteiger partial charge in [0, 0.05) is 19.0 Å². The van der Waals surface area contributed by atoms with Crippen LogP contribution in [0.3, 0.4) is 0 Å². The van der Waals surface area contributed by atoms with E-state index < -0.39 is 0 Å². The number of rotatable bonds is 2. The molecule has 0 radical (unpaired) electrons. The van der Waals surface area contributed by atoms with Gasteiger partial charge in [-0.3, -0.25) is 4.79 Å². The molecule has 4 atom stereocenters. The molecule has 2 saturated heterocycles. The van der Waals surface area contributed by atoms with Crippen molar-refractivity contribution in [3.63, 3.8) is 0 Å². The molecule has 3 nitrogen and oxygen atoms in total. The number of fused-ring (bicyclic) bond motifs is 2. The molecule has 2 aliphatic heterocycles. The fraction of sp³-hybridized carbons (Fsp3) is 0.773. The molecule has 0 aromatic rings. The van der Waals surface area contributed by atoms with Crippen molar-refractivity contribution in [2.24, 2.45) is 22.7 Å². The second kappa shape index (κ2) is 5.97. The molecule has 0 bridgehead atoms. The summed E-state index contributed by atoms with van der Waals surface area (Å²) in [6.07, 6.45) is 10.7. The van der Waals surface area contributed by atoms with E-state index in [0.29, 0.717) is 5.41 Å². The molecule has 2 heterocycles. The molecule has 0 saturated carbocycles. The molecule has 2 fully saturated rings. The Morgan fingerprint density at radius 1 is 1.28 bits per heavy atom. The van der Waals surface area contributed by atoms with Gasteiger partial charge in [-0.2, -0.15) is 0 Å². The first-order valence-corrected chi connectivity index (χ1v) is 10.1. The minimum Gasteiger partial charge on any atom is -0.461 e. The highest BCUT2D eigenvalue weighted by Crippen LogP contribution is 2.52. The van der Waals surface area contributed by atoms with Gasteiger partial charge in [-0.25, -0.2) is 0 Å². The summed E-state index contributed by atoms with van der Waals surface area (Å²) >= 11 is 0. The third-order valence-corrected chi connectivity index (χ3v) is 7.13. The quantitative estimate of drug-likeness (QED) is 0.699. The summed E-state index contributed by atoms with van der Waals surface area (Å²) in [4.78, 5) is 15.2. The predicted octanol–water partition coefficient (Wildman–Crippen LogP) is 4.34. The number of likely N-dealkylation sites (tertiary alicyclic amines) is 1. The Hall–Kier alpha value is -1.09. The van der Waals surface area contributed by atoms with Crippen LogP contribution < -0.4 is 0 Å². The van der Waals surface area contributed by atoms with Crippen LogP contribution in [0.5, 0.6) is 0 Å². The standard InChI is InChI=1S/C22H33NO2/c1-15-7-5-9-22(4)12-19-16(11-18(15)22)17(20(24)25-19)13-23-10-6-8-21(2,3)14-23/h7,11,16-17,19H,5-6,8-10,12-14H2,1-4H3. The number of nitrogens with zero attached hydrogens (tertiary/aromatic N) is 1. The van der Waals surface area contributed by atoms with Gasteiger partial charge in [-0.15, -0.1) is 0 Å². The molecule has 0 aromatic carbocycles. The lowest BCUT2D eigenvalue weighted by Gasteiger charge is -2.43. The van der Waals surface area contributed by atoms with Crippen LogP contribution in [0.25, 0.3) is 0 Å². The van der Waals surface area contributed by atoms with Crippen LogP contribution in [-0.4, -0.2) is 36.6 Å². The highest BCUT2D eigenvalue weighted by atomic mass is 16.6. The molecular weight excluding hydrogens is 310 g/mol. The number of hydrogen-bond acceptors (Lipinski definition) is 3. The van der Waals surface area contributed by atoms with Crippen LogP contribution in [0.4, 0.5) is 0 Å². The summed E-state index contributed by atoms with van der Waals surface area (Å²) in [6, 6.07) is 0. The van der Waals surface area contributed by atoms with E-state index in [1.807, 2.05) is 0 Å². The molecule has 0 aromatic heterocycles. The number of piperidine rings is 1. The van der Waals surface area contributed by atoms with E-state index in [-0.39, 0.29) is 29.3 Å². The number of allylic oxidation sites excluding steroid dienone is 3. The van der Waals surface area contributed by atoms with Gasteiger partial charge in [0.15, 0.2) is 0 Å². The van der Waals surface area contributed by atoms with E-state index in [9.17, 15) is 4.79 Å². The van der Waals surface area contributed by atoms with Crippen molar-refractivity contribution >= 4 is 5.97 Å². The number of ether oxygens (including phenoxy) is 1. The Labute approximate surface area is 152 Å². The van der Waals surface area contributed by atoms with Gasteiger partial charge in [-0.05, 0) is 62.0 Å². The van der Waals surface area contributed by atoms with Gasteiger partial charge in [0.05, 0.1) is 5.92 Å². The SMILES string of the molecule is CC1=CCCC2(C)CC3OC(=O)C(CN4CCCC(C)(C)C4)C3C=C12. The lowest BCUT2D eigenvalue weighted by atomic mass is 9.62. The Morgan fingerprint density at radius 3 is 2.84 bits per heavy atom. The molecule has 4 unspecified atom stereocenters. The van der Waals surface area contributed by atoms with E-state index in [1.165, 1.54) is 30.4 Å². The molecule has 0 amide bonds. The van der Waals surface area contributed by atoms with Crippen molar-refractivity contribution in [1.29, 1.82) is 0 Å². The predicted molar refractivity (Wildman–Crippen MR) is 100 cm³/mol. The lowest BCUT2D eigenvalue weighted by Crippen LogP contribution is -2.44. The van der Waals surface area contributed by atoms with E-state index in [4.69, 9.17) is 4.74 Å². The van der Waals surface area contributed by atoms with Gasteiger partial charge < -0.3 is 9.64 Å². The summed E-state index contributed by atoms with van der Waals surface area (Å²) in [5.74, 6) is 0.326. The molecule has 25 heavy (non-hydrogen) atoms. The highest BCUT2D eigenvalue weighted by Gasteiger charge is 2.51. The van der Waals surface area contributed by atoms with Gasteiger partial charge in [0.1, 0.15) is 6.10 Å². The molecule has 0 N–H and O–H groups in total. The maximum absolute atomic E-state index is 12.7. The number of hydrogen-bond donors (Lipinski definition) is 0. The average molecular weight is 344 g/mol. The van der Waals surface area contributed by atoms with Crippen molar-refractivity contribution in [1.82, 2.24) is 4.90 Å². The minimum atomic E-state index is 0.0191. The smallest absolute Gasteiger partial charge is 0.311 e. The number of carbonyl (C=O) groups excluding carboxylic acids is 1. The second-order valence-corrected chi connectivity index (χ2v) is 9.93. The largest absolute Gasteiger partial charge is 0.461 e. The van der Waals surface area contributed by atoms with Crippen molar-refractivity contribution in [3.8, 4) is 0 Å². The van der Waals surface area contributed by atoms with Crippen molar-refractivity contribution in [3.05, 3.63) is 23.3 Å². The second-order valence-electron chi connectivity index (χ2n) is 9.93. The van der Waals surface area contributed by atoms with Crippen molar-refractivity contribution in [2.45, 2.75) is 65.9 Å². The Balaban J connectivity index is 1.57. The monoisotopic (exact) mass is 343 g/mol. The van der Waals surface area contributed by atoms with Gasteiger partial charge in [0.2, 0.25) is 0 Å². The maximum Gasteiger partial charge on any atom is 0.311 e. The van der Waals surface area contributed by atoms with E-state index in [0.717, 1.165) is 32.5 Å². The van der Waals surface area contributed by atoms with Gasteiger partial charge in [-0.1, -0.05) is 38.5 Å². The first-order chi connectivity index (χ1) is 11.8. The minimum absolute atomic E-state index is 0.0191. The Bertz CT molecular complexity index is 632. The fourth-order valence-electron chi connectivity index (χ4n) is 5.82. The summed E-state index contributed by atoms with van der Waals surface area (Å²) in [5.41, 5.74) is 3.47. The molecule has 4 rings (SSSR count). The molecule has 4 aliphatic rings. The zero-order valence-corrected chi connectivity index (χ0v) is 16.3. The van der Waals surface area contributed by atoms with Crippen LogP contribution >= 0.6 is 0 Å². The van der Waals surface area contributed by atoms with Crippen LogP contribution in [0, 0.1) is 22.7 Å². The van der Waals surface area contributed by atoms with Crippen molar-refractivity contribution < 1.29 is 9.53 Å². The van der Waals surface area contributed by atoms with Crippen molar-refractivity contribution in [2.75, 3.05) is 19.6 Å². The topological polar surface area (TPSA) is 29.5 Å². The summed E-state index contributed by atoms with van der Waals surface area (Å²) in [5, 5.41) is 0. The van der Waals surface area contributed by atoms with Crippen LogP contribution in [-0.2, 0) is 9.53 Å². The fourth-order valence-corrected chi connectivity index (χ4v) is 5.82. The molecular formula is C22H33NO2. The highest BCUT2D eigenvalue weighted by molar-refractivity contribution is 5.76. The zero-order chi connectivity index (χ0) is 17.8. The molecule has 138 valence electrons. The van der Waals surface area contributed by atoms with Crippen LogP contribution in [0.1, 0.15) is 59.8 Å². The molecule has 2 aliphatic carbocycles. The van der Waals surface area contributed by atoms with Gasteiger partial charge in [0.25, 0.3) is 0 Å². The number of carbonyl (C=O) groups is 1. The number of esters is 1. The maximum atomic E-state index is 12.7. The zero-order valence-electron chi connectivity index (χ0n) is 16.3. The summed E-state index contributed by atoms with van der Waals surface area (Å²) in [7, 11) is 0. The van der Waals surface area contributed by atoms with Gasteiger partial charge >= 0.3 is 5.97 Å². The third-order valence-electron chi connectivity index (χ3n) is 7.13. The van der Waals surface area contributed by atoms with E-state index in [1.54, 1.807) is 0 Å². The first kappa shape index (κ1) is 17.3. The summed E-state index contributed by atoms with van der Waals surface area (Å²) in [6.45, 7) is 12.4. The molecule has 3 heteroatoms. The normalized spacial score (nSPS) is 40.6. The summed E-state index contributed by atoms with van der Waals surface area (Å²) < 4.78 is 5.89. The lowest BCUT2D eigenvalue weighted by molar-refractivity contribution is -0.145. The van der Waals surface area contributed by atoms with Crippen LogP contribution in [0.2, 0.25) is 0 Å². The Morgan fingerprint density at radius 2 is 2.08 bits per heavy atom.